The minimum atomic E-state index is -3.86. The second-order valence-electron chi connectivity index (χ2n) is 12.5. The van der Waals surface area contributed by atoms with Crippen LogP contribution < -0.4 is 20.1 Å². The van der Waals surface area contributed by atoms with Gasteiger partial charge in [0.1, 0.15) is 29.4 Å². The third kappa shape index (κ3) is 6.09. The van der Waals surface area contributed by atoms with E-state index in [2.05, 4.69) is 21.9 Å². The number of carbonyl (C=O) groups excluding carboxylic acids is 4. The highest BCUT2D eigenvalue weighted by Crippen LogP contribution is 2.45. The van der Waals surface area contributed by atoms with E-state index in [1.54, 1.807) is 0 Å². The Kier molecular flexibility index (Phi) is 7.99. The molecule has 13 nitrogen and oxygen atoms in total. The van der Waals surface area contributed by atoms with Crippen LogP contribution in [-0.2, 0) is 29.2 Å². The van der Waals surface area contributed by atoms with Crippen LogP contribution in [0.15, 0.2) is 54.4 Å². The van der Waals surface area contributed by atoms with Gasteiger partial charge in [0.25, 0.3) is 5.91 Å². The molecule has 4 heterocycles. The number of hydrogen-bond donors (Lipinski definition) is 3. The second-order valence-corrected chi connectivity index (χ2v) is 15.4. The summed E-state index contributed by atoms with van der Waals surface area (Å²) in [7, 11) is -3.86. The molecule has 2 saturated heterocycles. The summed E-state index contributed by atoms with van der Waals surface area (Å²) < 4.78 is 33.8. The number of ether oxygens (including phenoxy) is 1. The number of likely N-dealkylation sites (tertiary alicyclic amines) is 1. The third-order valence-electron chi connectivity index (χ3n) is 9.20. The van der Waals surface area contributed by atoms with Crippen LogP contribution in [0.5, 0.6) is 5.88 Å². The lowest BCUT2D eigenvalue weighted by Crippen LogP contribution is -2.58. The SMILES string of the molecule is C=C[C@@H]1C[C@]1(NC(=O)[C@@H]1C[C@@H](Oc2nc3ccccc3nc2-c2cccs2)CN1C(=O)[C@@H]1CCCC(=O)N1)C(=O)NS(=O)(=O)C1CC1. The van der Waals surface area contributed by atoms with Crippen molar-refractivity contribution in [2.75, 3.05) is 6.54 Å². The first kappa shape index (κ1) is 31.2. The number of carbonyl (C=O) groups is 4. The van der Waals surface area contributed by atoms with Gasteiger partial charge in [-0.15, -0.1) is 17.9 Å². The largest absolute Gasteiger partial charge is 0.471 e. The highest BCUT2D eigenvalue weighted by Gasteiger charge is 2.62. The lowest BCUT2D eigenvalue weighted by atomic mass is 10.0. The van der Waals surface area contributed by atoms with Crippen LogP contribution in [0.1, 0.15) is 44.9 Å². The van der Waals surface area contributed by atoms with Crippen LogP contribution in [0, 0.1) is 5.92 Å². The van der Waals surface area contributed by atoms with Crippen LogP contribution in [0.3, 0.4) is 0 Å². The second kappa shape index (κ2) is 12.0. The first-order valence-corrected chi connectivity index (χ1v) is 18.1. The zero-order chi connectivity index (χ0) is 32.9. The number of nitrogens with zero attached hydrogens (tertiary/aromatic N) is 3. The van der Waals surface area contributed by atoms with Gasteiger partial charge in [0.2, 0.25) is 33.6 Å². The molecule has 4 aliphatic rings. The molecule has 3 aromatic rings. The maximum atomic E-state index is 14.0. The maximum Gasteiger partial charge on any atom is 0.259 e. The molecule has 5 atom stereocenters. The molecule has 246 valence electrons. The fourth-order valence-electron chi connectivity index (χ4n) is 6.38. The van der Waals surface area contributed by atoms with E-state index in [0.29, 0.717) is 48.8 Å². The van der Waals surface area contributed by atoms with E-state index in [1.165, 1.54) is 22.3 Å². The Balaban J connectivity index is 1.17. The van der Waals surface area contributed by atoms with E-state index in [1.807, 2.05) is 41.8 Å². The first-order chi connectivity index (χ1) is 22.6. The van der Waals surface area contributed by atoms with Crippen molar-refractivity contribution in [3.63, 3.8) is 0 Å². The zero-order valence-corrected chi connectivity index (χ0v) is 27.0. The summed E-state index contributed by atoms with van der Waals surface area (Å²) in [4.78, 5) is 65.2. The summed E-state index contributed by atoms with van der Waals surface area (Å²) in [6, 6.07) is 9.31. The van der Waals surface area contributed by atoms with E-state index in [4.69, 9.17) is 14.7 Å². The van der Waals surface area contributed by atoms with Gasteiger partial charge in [0, 0.05) is 18.8 Å². The summed E-state index contributed by atoms with van der Waals surface area (Å²) in [6.07, 6.45) is 3.27. The Morgan fingerprint density at radius 3 is 2.53 bits per heavy atom. The number of para-hydroxylation sites is 2. The molecule has 0 unspecified atom stereocenters. The van der Waals surface area contributed by atoms with Crippen LogP contribution in [0.2, 0.25) is 0 Å². The van der Waals surface area contributed by atoms with Crippen LogP contribution in [0.4, 0.5) is 0 Å². The van der Waals surface area contributed by atoms with E-state index in [-0.39, 0.29) is 31.2 Å². The number of sulfonamides is 1. The molecule has 47 heavy (non-hydrogen) atoms. The summed E-state index contributed by atoms with van der Waals surface area (Å²) >= 11 is 1.47. The van der Waals surface area contributed by atoms with Gasteiger partial charge in [-0.3, -0.25) is 23.9 Å². The molecule has 1 aromatic carbocycles. The Labute approximate surface area is 275 Å². The molecule has 3 N–H and O–H groups in total. The molecular formula is C32H34N6O7S2. The Morgan fingerprint density at radius 2 is 1.87 bits per heavy atom. The number of aromatic nitrogens is 2. The normalized spacial score (nSPS) is 27.1. The van der Waals surface area contributed by atoms with E-state index in [0.717, 1.165) is 4.88 Å². The number of benzene rings is 1. The maximum absolute atomic E-state index is 14.0. The van der Waals surface area contributed by atoms with Gasteiger partial charge in [0.15, 0.2) is 0 Å². The molecule has 7 rings (SSSR count). The minimum Gasteiger partial charge on any atom is -0.471 e. The van der Waals surface area contributed by atoms with E-state index in [9.17, 15) is 27.6 Å². The topological polar surface area (TPSA) is 177 Å². The number of hydrogen-bond acceptors (Lipinski definition) is 10. The van der Waals surface area contributed by atoms with Gasteiger partial charge in [-0.05, 0) is 55.7 Å². The molecule has 2 aromatic heterocycles. The number of amides is 4. The molecule has 0 radical (unpaired) electrons. The highest BCUT2D eigenvalue weighted by atomic mass is 32.2. The summed E-state index contributed by atoms with van der Waals surface area (Å²) in [5, 5.41) is 6.81. The molecule has 4 fully saturated rings. The number of rotatable bonds is 10. The molecule has 0 bridgehead atoms. The van der Waals surface area contributed by atoms with Crippen LogP contribution in [-0.4, -0.2) is 82.4 Å². The number of thiophene rings is 1. The monoisotopic (exact) mass is 678 g/mol. The average molecular weight is 679 g/mol. The molecule has 15 heteroatoms. The predicted molar refractivity (Wildman–Crippen MR) is 172 cm³/mol. The van der Waals surface area contributed by atoms with Crippen LogP contribution in [0.25, 0.3) is 21.6 Å². The summed E-state index contributed by atoms with van der Waals surface area (Å²) in [6.45, 7) is 3.77. The fraction of sp³-hybridized carbons (Fsp3) is 0.438. The Hall–Kier alpha value is -4.37. The zero-order valence-electron chi connectivity index (χ0n) is 25.4. The fourth-order valence-corrected chi connectivity index (χ4v) is 8.45. The number of piperidine rings is 1. The van der Waals surface area contributed by atoms with E-state index >= 15 is 0 Å². The van der Waals surface area contributed by atoms with Crippen molar-refractivity contribution >= 4 is 56.0 Å². The van der Waals surface area contributed by atoms with Gasteiger partial charge in [-0.25, -0.2) is 18.4 Å². The Bertz CT molecular complexity index is 1880. The summed E-state index contributed by atoms with van der Waals surface area (Å²) in [5.74, 6) is -2.36. The van der Waals surface area contributed by atoms with Crippen molar-refractivity contribution < 1.29 is 32.3 Å². The lowest BCUT2D eigenvalue weighted by molar-refractivity contribution is -0.143. The molecule has 2 saturated carbocycles. The van der Waals surface area contributed by atoms with Gasteiger partial charge < -0.3 is 20.3 Å². The van der Waals surface area contributed by atoms with Crippen molar-refractivity contribution in [1.29, 1.82) is 0 Å². The van der Waals surface area contributed by atoms with Crippen molar-refractivity contribution in [3.05, 3.63) is 54.4 Å². The van der Waals surface area contributed by atoms with Crippen molar-refractivity contribution in [2.24, 2.45) is 5.92 Å². The number of fused-ring (bicyclic) bond motifs is 1. The van der Waals surface area contributed by atoms with Gasteiger partial charge in [-0.1, -0.05) is 24.3 Å². The molecule has 2 aliphatic carbocycles. The van der Waals surface area contributed by atoms with Crippen molar-refractivity contribution in [1.82, 2.24) is 30.2 Å². The molecule has 2 aliphatic heterocycles. The molecule has 0 spiro atoms. The quantitative estimate of drug-likeness (QED) is 0.271. The van der Waals surface area contributed by atoms with Crippen LogP contribution >= 0.6 is 11.3 Å². The van der Waals surface area contributed by atoms with Gasteiger partial charge >= 0.3 is 0 Å². The standard InChI is InChI=1S/C32H34N6O7S2/c1-2-18-16-32(18,31(42)37-47(43,44)20-12-13-20)36-28(40)24-15-19(17-38(24)30(41)23-9-5-11-26(39)33-23)45-29-27(25-10-6-14-46-25)34-21-7-3-4-8-22(21)35-29/h2-4,6-8,10,14,18-20,23-24H,1,5,9,11-13,15-17H2,(H,33,39)(H,36,40)(H,37,42)/t18-,19-,23+,24+,32-/m1/s1. The highest BCUT2D eigenvalue weighted by molar-refractivity contribution is 7.91. The lowest BCUT2D eigenvalue weighted by Gasteiger charge is -2.31. The van der Waals surface area contributed by atoms with Crippen molar-refractivity contribution in [2.45, 2.75) is 73.9 Å². The minimum absolute atomic E-state index is 0.0157. The smallest absolute Gasteiger partial charge is 0.259 e. The van der Waals surface area contributed by atoms with Gasteiger partial charge in [-0.2, -0.15) is 0 Å². The first-order valence-electron chi connectivity index (χ1n) is 15.7. The average Bonchev–Trinajstić information content (AvgIpc) is 3.93. The Morgan fingerprint density at radius 1 is 1.11 bits per heavy atom. The summed E-state index contributed by atoms with van der Waals surface area (Å²) in [5.41, 5.74) is 0.323. The predicted octanol–water partition coefficient (Wildman–Crippen LogP) is 2.04. The van der Waals surface area contributed by atoms with Crippen molar-refractivity contribution in [3.8, 4) is 16.5 Å². The third-order valence-corrected chi connectivity index (χ3v) is 11.9. The van der Waals surface area contributed by atoms with E-state index < -0.39 is 62.6 Å². The molecule has 4 amide bonds. The van der Waals surface area contributed by atoms with Gasteiger partial charge in [0.05, 0.1) is 27.7 Å². The number of nitrogens with one attached hydrogen (secondary N) is 3. The molecular weight excluding hydrogens is 645 g/mol.